The first-order valence-corrected chi connectivity index (χ1v) is 16.4. The number of likely N-dealkylation sites (tertiary alicyclic amines) is 1. The minimum absolute atomic E-state index is 0.0406. The van der Waals surface area contributed by atoms with E-state index in [9.17, 15) is 9.59 Å². The van der Waals surface area contributed by atoms with Crippen LogP contribution in [0.25, 0.3) is 0 Å². The Kier molecular flexibility index (Phi) is 10.7. The molecule has 2 aromatic rings. The normalized spacial score (nSPS) is 21.6. The molecule has 2 amide bonds. The highest BCUT2D eigenvalue weighted by molar-refractivity contribution is 6.31. The third-order valence-electron chi connectivity index (χ3n) is 8.72. The summed E-state index contributed by atoms with van der Waals surface area (Å²) in [6, 6.07) is 7.22. The lowest BCUT2D eigenvalue weighted by atomic mass is 9.93. The molecule has 11 nitrogen and oxygen atoms in total. The van der Waals surface area contributed by atoms with Gasteiger partial charge in [0, 0.05) is 57.9 Å². The van der Waals surface area contributed by atoms with Gasteiger partial charge in [0.1, 0.15) is 28.9 Å². The number of ether oxygens (including phenoxy) is 2. The van der Waals surface area contributed by atoms with E-state index in [0.29, 0.717) is 27.9 Å². The number of carbonyl (C=O) groups is 2. The number of carbonyl (C=O) groups excluding carboxylic acids is 2. The van der Waals surface area contributed by atoms with E-state index in [1.807, 2.05) is 25.7 Å². The van der Waals surface area contributed by atoms with Crippen LogP contribution in [0.2, 0.25) is 5.02 Å². The Morgan fingerprint density at radius 1 is 1.00 bits per heavy atom. The number of nitrogens with zero attached hydrogens (tertiary/aromatic N) is 6. The van der Waals surface area contributed by atoms with E-state index in [1.54, 1.807) is 30.6 Å². The second kappa shape index (κ2) is 14.6. The number of halogens is 1. The molecule has 1 aliphatic carbocycles. The fraction of sp³-hybridized carbons (Fsp3) is 0.606. The molecule has 1 aromatic heterocycles. The second-order valence-electron chi connectivity index (χ2n) is 13.3. The maximum Gasteiger partial charge on any atom is 0.410 e. The minimum atomic E-state index is -0.465. The number of nitriles is 1. The Labute approximate surface area is 270 Å². The van der Waals surface area contributed by atoms with Crippen molar-refractivity contribution < 1.29 is 19.1 Å². The number of rotatable bonds is 7. The molecule has 2 saturated heterocycles. The van der Waals surface area contributed by atoms with Gasteiger partial charge >= 0.3 is 6.09 Å². The summed E-state index contributed by atoms with van der Waals surface area (Å²) >= 11 is 6.12. The number of benzene rings is 1. The molecule has 12 heteroatoms. The highest BCUT2D eigenvalue weighted by Crippen LogP contribution is 2.28. The number of amides is 2. The fourth-order valence-electron chi connectivity index (χ4n) is 6.19. The third-order valence-corrected chi connectivity index (χ3v) is 9.04. The number of hydrogen-bond donors (Lipinski definition) is 1. The van der Waals surface area contributed by atoms with Crippen molar-refractivity contribution in [1.29, 1.82) is 5.26 Å². The maximum atomic E-state index is 12.9. The number of hydrogen-bond acceptors (Lipinski definition) is 9. The van der Waals surface area contributed by atoms with Crippen molar-refractivity contribution >= 4 is 29.4 Å². The standard InChI is InChI=1S/C33H44ClN7O4/c1-33(2,3)45-32(43)41-12-10-23(11-13-41)22-39-14-16-40(17-15-39)30-21-36-29(20-37-30)31(42)38-25-5-8-26(9-6-25)44-27-7-4-24(19-35)28(34)18-27/h4,7,18,20-21,23,25-26H,5-6,8-17,22H2,1-3H3,(H,38,42). The average molecular weight is 638 g/mol. The van der Waals surface area contributed by atoms with Crippen molar-refractivity contribution in [3.8, 4) is 11.8 Å². The smallest absolute Gasteiger partial charge is 0.410 e. The van der Waals surface area contributed by atoms with Crippen molar-refractivity contribution in [3.63, 3.8) is 0 Å². The zero-order valence-electron chi connectivity index (χ0n) is 26.5. The van der Waals surface area contributed by atoms with Gasteiger partial charge in [-0.2, -0.15) is 5.26 Å². The number of nitrogens with one attached hydrogen (secondary N) is 1. The summed E-state index contributed by atoms with van der Waals surface area (Å²) in [5.41, 5.74) is 0.282. The van der Waals surface area contributed by atoms with Crippen molar-refractivity contribution in [2.75, 3.05) is 50.7 Å². The predicted octanol–water partition coefficient (Wildman–Crippen LogP) is 4.89. The molecule has 45 heavy (non-hydrogen) atoms. The summed E-state index contributed by atoms with van der Waals surface area (Å²) in [6.45, 7) is 11.8. The Morgan fingerprint density at radius 2 is 1.71 bits per heavy atom. The van der Waals surface area contributed by atoms with Gasteiger partial charge in [0.2, 0.25) is 0 Å². The lowest BCUT2D eigenvalue weighted by Gasteiger charge is -2.39. The minimum Gasteiger partial charge on any atom is -0.490 e. The zero-order chi connectivity index (χ0) is 32.0. The molecule has 5 rings (SSSR count). The molecule has 1 aromatic carbocycles. The van der Waals surface area contributed by atoms with Gasteiger partial charge in [-0.3, -0.25) is 9.69 Å². The van der Waals surface area contributed by atoms with Crippen LogP contribution in [0.5, 0.6) is 5.75 Å². The highest BCUT2D eigenvalue weighted by Gasteiger charge is 2.29. The summed E-state index contributed by atoms with van der Waals surface area (Å²) in [6.07, 6.45) is 8.32. The van der Waals surface area contributed by atoms with Crippen LogP contribution in [0.1, 0.15) is 75.3 Å². The summed E-state index contributed by atoms with van der Waals surface area (Å²) < 4.78 is 11.6. The molecule has 0 spiro atoms. The Morgan fingerprint density at radius 3 is 2.31 bits per heavy atom. The highest BCUT2D eigenvalue weighted by atomic mass is 35.5. The Bertz CT molecular complexity index is 1350. The van der Waals surface area contributed by atoms with Crippen LogP contribution in [-0.2, 0) is 4.74 Å². The molecular weight excluding hydrogens is 594 g/mol. The van der Waals surface area contributed by atoms with Crippen LogP contribution in [0, 0.1) is 17.2 Å². The van der Waals surface area contributed by atoms with E-state index in [2.05, 4.69) is 31.2 Å². The SMILES string of the molecule is CC(C)(C)OC(=O)N1CCC(CN2CCN(c3cnc(C(=O)NC4CCC(Oc5ccc(C#N)c(Cl)c5)CC4)cn3)CC2)CC1. The van der Waals surface area contributed by atoms with E-state index < -0.39 is 5.60 Å². The second-order valence-corrected chi connectivity index (χ2v) is 13.7. The van der Waals surface area contributed by atoms with Crippen molar-refractivity contribution in [3.05, 3.63) is 46.9 Å². The van der Waals surface area contributed by atoms with E-state index in [-0.39, 0.29) is 24.1 Å². The molecule has 3 heterocycles. The van der Waals surface area contributed by atoms with Crippen LogP contribution in [0.3, 0.4) is 0 Å². The van der Waals surface area contributed by atoms with E-state index in [1.165, 1.54) is 0 Å². The van der Waals surface area contributed by atoms with Gasteiger partial charge in [-0.1, -0.05) is 11.6 Å². The molecule has 0 bridgehead atoms. The topological polar surface area (TPSA) is 124 Å². The quantitative estimate of drug-likeness (QED) is 0.452. The first-order valence-electron chi connectivity index (χ1n) is 16.0. The molecule has 0 atom stereocenters. The molecule has 0 radical (unpaired) electrons. The third kappa shape index (κ3) is 9.21. The van der Waals surface area contributed by atoms with Crippen LogP contribution in [-0.4, -0.2) is 95.3 Å². The maximum absolute atomic E-state index is 12.9. The first-order chi connectivity index (χ1) is 21.6. The number of piperidine rings is 1. The zero-order valence-corrected chi connectivity index (χ0v) is 27.3. The lowest BCUT2D eigenvalue weighted by molar-refractivity contribution is 0.0168. The van der Waals surface area contributed by atoms with Crippen molar-refractivity contribution in [2.45, 2.75) is 77.0 Å². The van der Waals surface area contributed by atoms with E-state index >= 15 is 0 Å². The van der Waals surface area contributed by atoms with Crippen LogP contribution in [0.4, 0.5) is 10.6 Å². The molecule has 3 aliphatic rings. The number of aromatic nitrogens is 2. The van der Waals surface area contributed by atoms with Crippen LogP contribution in [0.15, 0.2) is 30.6 Å². The molecule has 3 fully saturated rings. The average Bonchev–Trinajstić information content (AvgIpc) is 3.02. The molecule has 242 valence electrons. The molecule has 1 saturated carbocycles. The summed E-state index contributed by atoms with van der Waals surface area (Å²) in [4.78, 5) is 40.8. The van der Waals surface area contributed by atoms with Crippen molar-refractivity contribution in [2.24, 2.45) is 5.92 Å². The van der Waals surface area contributed by atoms with Gasteiger partial charge in [-0.15, -0.1) is 0 Å². The van der Waals surface area contributed by atoms with E-state index in [0.717, 1.165) is 90.2 Å². The lowest BCUT2D eigenvalue weighted by Crippen LogP contribution is -2.49. The van der Waals surface area contributed by atoms with Gasteiger partial charge in [0.15, 0.2) is 0 Å². The van der Waals surface area contributed by atoms with E-state index in [4.69, 9.17) is 26.3 Å². The summed E-state index contributed by atoms with van der Waals surface area (Å²) in [5.74, 6) is 1.81. The van der Waals surface area contributed by atoms with Crippen LogP contribution < -0.4 is 15.0 Å². The fourth-order valence-corrected chi connectivity index (χ4v) is 6.40. The summed E-state index contributed by atoms with van der Waals surface area (Å²) in [7, 11) is 0. The molecule has 2 aliphatic heterocycles. The largest absolute Gasteiger partial charge is 0.490 e. The Balaban J connectivity index is 0.999. The predicted molar refractivity (Wildman–Crippen MR) is 172 cm³/mol. The molecular formula is C33H44ClN7O4. The Hall–Kier alpha value is -3.62. The summed E-state index contributed by atoms with van der Waals surface area (Å²) in [5, 5.41) is 12.5. The number of anilines is 1. The number of piperazine rings is 1. The van der Waals surface area contributed by atoms with Gasteiger partial charge in [0.05, 0.1) is 29.1 Å². The van der Waals surface area contributed by atoms with Gasteiger partial charge < -0.3 is 24.6 Å². The van der Waals surface area contributed by atoms with Gasteiger partial charge in [-0.25, -0.2) is 14.8 Å². The molecule has 0 unspecified atom stereocenters. The van der Waals surface area contributed by atoms with Crippen LogP contribution >= 0.6 is 11.6 Å². The van der Waals surface area contributed by atoms with Gasteiger partial charge in [0.25, 0.3) is 5.91 Å². The van der Waals surface area contributed by atoms with Crippen molar-refractivity contribution in [1.82, 2.24) is 25.1 Å². The van der Waals surface area contributed by atoms with Gasteiger partial charge in [-0.05, 0) is 77.3 Å². The monoisotopic (exact) mass is 637 g/mol. The molecule has 1 N–H and O–H groups in total. The first kappa shape index (κ1) is 32.8.